The van der Waals surface area contributed by atoms with E-state index in [9.17, 15) is 9.59 Å². The van der Waals surface area contributed by atoms with Crippen LogP contribution >= 0.6 is 0 Å². The molecule has 5 aromatic rings. The summed E-state index contributed by atoms with van der Waals surface area (Å²) < 4.78 is 0. The standard InChI is InChI=1S/C20H10O2.C2H6/c21-19-13-7-3-1-5-11(13)15-9-18-16(10-17(15)19)12-6-2-4-8-14(12)20(18)22;1-2/h1-10H;1-2H3. The zero-order valence-corrected chi connectivity index (χ0v) is 13.6. The molecule has 0 aliphatic carbocycles. The van der Waals surface area contributed by atoms with E-state index in [1.807, 2.05) is 74.5 Å². The average Bonchev–Trinajstić information content (AvgIpc) is 3.09. The maximum atomic E-state index is 12.6. The summed E-state index contributed by atoms with van der Waals surface area (Å²) in [7, 11) is 0. The number of hydrogen-bond donors (Lipinski definition) is 0. The van der Waals surface area contributed by atoms with Crippen molar-refractivity contribution in [3.8, 4) is 0 Å². The molecule has 24 heavy (non-hydrogen) atoms. The van der Waals surface area contributed by atoms with Crippen LogP contribution in [-0.2, 0) is 0 Å². The van der Waals surface area contributed by atoms with Crippen molar-refractivity contribution in [2.24, 2.45) is 0 Å². The highest BCUT2D eigenvalue weighted by atomic mass is 16.1. The Bertz CT molecular complexity index is 1200. The molecule has 0 N–H and O–H groups in total. The fourth-order valence-corrected chi connectivity index (χ4v) is 3.54. The molecular weight excluding hydrogens is 296 g/mol. The summed E-state index contributed by atoms with van der Waals surface area (Å²) in [5, 5.41) is 6.45. The normalized spacial score (nSPS) is 11.2. The van der Waals surface area contributed by atoms with Gasteiger partial charge in [0.25, 0.3) is 0 Å². The summed E-state index contributed by atoms with van der Waals surface area (Å²) in [6.45, 7) is 4.00. The van der Waals surface area contributed by atoms with Crippen molar-refractivity contribution in [3.63, 3.8) is 0 Å². The Kier molecular flexibility index (Phi) is 3.20. The van der Waals surface area contributed by atoms with Gasteiger partial charge in [-0.3, -0.25) is 9.59 Å². The van der Waals surface area contributed by atoms with Crippen LogP contribution in [-0.4, -0.2) is 0 Å². The van der Waals surface area contributed by atoms with Crippen molar-refractivity contribution in [2.75, 3.05) is 0 Å². The first kappa shape index (κ1) is 14.6. The third-order valence-corrected chi connectivity index (χ3v) is 4.57. The fraction of sp³-hybridized carbons (Fsp3) is 0.0909. The van der Waals surface area contributed by atoms with E-state index in [-0.39, 0.29) is 10.9 Å². The van der Waals surface area contributed by atoms with Crippen molar-refractivity contribution in [1.29, 1.82) is 0 Å². The van der Waals surface area contributed by atoms with Crippen molar-refractivity contribution in [1.82, 2.24) is 0 Å². The second kappa shape index (κ2) is 5.27. The van der Waals surface area contributed by atoms with Crippen LogP contribution in [0.3, 0.4) is 0 Å². The third kappa shape index (κ3) is 1.77. The van der Waals surface area contributed by atoms with Gasteiger partial charge in [0, 0.05) is 21.5 Å². The molecule has 116 valence electrons. The Hall–Kier alpha value is -3.00. The molecule has 0 saturated heterocycles. The molecule has 0 aromatic heterocycles. The number of rotatable bonds is 0. The molecular formula is C22H16O2. The number of fused-ring (bicyclic) bond motifs is 6. The summed E-state index contributed by atoms with van der Waals surface area (Å²) in [5.41, 5.74) is 0.0930. The molecule has 0 aliphatic heterocycles. The van der Waals surface area contributed by atoms with Crippen LogP contribution in [0.5, 0.6) is 0 Å². The van der Waals surface area contributed by atoms with Crippen molar-refractivity contribution < 1.29 is 0 Å². The minimum atomic E-state index is 0.0465. The zero-order chi connectivity index (χ0) is 16.8. The lowest BCUT2D eigenvalue weighted by atomic mass is 10.1. The molecule has 0 fully saturated rings. The van der Waals surface area contributed by atoms with E-state index in [1.54, 1.807) is 0 Å². The maximum Gasteiger partial charge on any atom is 0.194 e. The summed E-state index contributed by atoms with van der Waals surface area (Å²) in [4.78, 5) is 25.2. The van der Waals surface area contributed by atoms with E-state index >= 15 is 0 Å². The minimum absolute atomic E-state index is 0.0465. The lowest BCUT2D eigenvalue weighted by Gasteiger charge is -1.94. The summed E-state index contributed by atoms with van der Waals surface area (Å²) in [6, 6.07) is 18.9. The Morgan fingerprint density at radius 2 is 0.792 bits per heavy atom. The SMILES string of the molecule is CC.O=c1c2ccccc2c2cc3c(=O)c4ccccc4c3cc12. The lowest BCUT2D eigenvalue weighted by Crippen LogP contribution is -1.95. The molecule has 0 heterocycles. The van der Waals surface area contributed by atoms with Crippen LogP contribution in [0.2, 0.25) is 0 Å². The number of benzene rings is 3. The van der Waals surface area contributed by atoms with E-state index in [1.165, 1.54) is 0 Å². The first-order valence-electron chi connectivity index (χ1n) is 8.22. The molecule has 0 saturated carbocycles. The Morgan fingerprint density at radius 1 is 0.458 bits per heavy atom. The molecule has 5 rings (SSSR count). The second-order valence-corrected chi connectivity index (χ2v) is 5.69. The van der Waals surface area contributed by atoms with Crippen LogP contribution in [0, 0.1) is 0 Å². The number of hydrogen-bond acceptors (Lipinski definition) is 2. The Labute approximate surface area is 138 Å². The van der Waals surface area contributed by atoms with Crippen LogP contribution in [0.25, 0.3) is 43.1 Å². The van der Waals surface area contributed by atoms with Gasteiger partial charge in [-0.1, -0.05) is 62.4 Å². The summed E-state index contributed by atoms with van der Waals surface area (Å²) >= 11 is 0. The van der Waals surface area contributed by atoms with Gasteiger partial charge in [0.2, 0.25) is 0 Å². The first-order valence-corrected chi connectivity index (χ1v) is 8.22. The quantitative estimate of drug-likeness (QED) is 0.406. The van der Waals surface area contributed by atoms with E-state index in [0.717, 1.165) is 32.3 Å². The second-order valence-electron chi connectivity index (χ2n) is 5.69. The third-order valence-electron chi connectivity index (χ3n) is 4.57. The van der Waals surface area contributed by atoms with Gasteiger partial charge in [0.15, 0.2) is 10.9 Å². The van der Waals surface area contributed by atoms with E-state index in [2.05, 4.69) is 0 Å². The van der Waals surface area contributed by atoms with Crippen molar-refractivity contribution >= 4 is 43.1 Å². The van der Waals surface area contributed by atoms with Gasteiger partial charge in [-0.15, -0.1) is 0 Å². The van der Waals surface area contributed by atoms with E-state index in [4.69, 9.17) is 0 Å². The van der Waals surface area contributed by atoms with E-state index in [0.29, 0.717) is 10.8 Å². The molecule has 2 heteroatoms. The van der Waals surface area contributed by atoms with Gasteiger partial charge in [-0.05, 0) is 33.7 Å². The molecule has 5 aromatic carbocycles. The molecule has 0 bridgehead atoms. The molecule has 2 nitrogen and oxygen atoms in total. The van der Waals surface area contributed by atoms with Gasteiger partial charge in [-0.2, -0.15) is 0 Å². The Morgan fingerprint density at radius 3 is 1.17 bits per heavy atom. The molecule has 0 aliphatic rings. The molecule has 0 radical (unpaired) electrons. The summed E-state index contributed by atoms with van der Waals surface area (Å²) in [6.07, 6.45) is 0. The zero-order valence-electron chi connectivity index (χ0n) is 13.6. The maximum absolute atomic E-state index is 12.6. The van der Waals surface area contributed by atoms with Gasteiger partial charge in [0.05, 0.1) is 0 Å². The summed E-state index contributed by atoms with van der Waals surface area (Å²) in [5.74, 6) is 0. The van der Waals surface area contributed by atoms with Gasteiger partial charge in [0.1, 0.15) is 0 Å². The first-order chi connectivity index (χ1) is 11.8. The van der Waals surface area contributed by atoms with Gasteiger partial charge in [-0.25, -0.2) is 0 Å². The van der Waals surface area contributed by atoms with Gasteiger partial charge < -0.3 is 0 Å². The Balaban J connectivity index is 0.000000704. The van der Waals surface area contributed by atoms with Crippen LogP contribution < -0.4 is 10.9 Å². The van der Waals surface area contributed by atoms with Crippen LogP contribution in [0.15, 0.2) is 70.3 Å². The minimum Gasteiger partial charge on any atom is -0.289 e. The van der Waals surface area contributed by atoms with Crippen LogP contribution in [0.1, 0.15) is 13.8 Å². The lowest BCUT2D eigenvalue weighted by molar-refractivity contribution is 1.50. The van der Waals surface area contributed by atoms with Gasteiger partial charge >= 0.3 is 0 Å². The van der Waals surface area contributed by atoms with Crippen molar-refractivity contribution in [3.05, 3.63) is 81.1 Å². The topological polar surface area (TPSA) is 34.1 Å². The highest BCUT2D eigenvalue weighted by molar-refractivity contribution is 6.21. The van der Waals surface area contributed by atoms with Crippen molar-refractivity contribution in [2.45, 2.75) is 13.8 Å². The predicted molar refractivity (Wildman–Crippen MR) is 103 cm³/mol. The fourth-order valence-electron chi connectivity index (χ4n) is 3.54. The monoisotopic (exact) mass is 312 g/mol. The highest BCUT2D eigenvalue weighted by Crippen LogP contribution is 2.31. The average molecular weight is 312 g/mol. The molecule has 0 unspecified atom stereocenters. The van der Waals surface area contributed by atoms with E-state index < -0.39 is 0 Å². The highest BCUT2D eigenvalue weighted by Gasteiger charge is 2.15. The molecule has 0 atom stereocenters. The van der Waals surface area contributed by atoms with Crippen LogP contribution in [0.4, 0.5) is 0 Å². The predicted octanol–water partition coefficient (Wildman–Crippen LogP) is 4.92. The largest absolute Gasteiger partial charge is 0.289 e. The molecule has 0 amide bonds. The smallest absolute Gasteiger partial charge is 0.194 e. The molecule has 0 spiro atoms.